The average molecular weight is 446 g/mol. The van der Waals surface area contributed by atoms with Crippen molar-refractivity contribution in [2.24, 2.45) is 7.05 Å². The van der Waals surface area contributed by atoms with Crippen molar-refractivity contribution in [3.8, 4) is 0 Å². The average Bonchev–Trinajstić information content (AvgIpc) is 3.17. The predicted octanol–water partition coefficient (Wildman–Crippen LogP) is 5.66. The molecule has 1 aromatic heterocycles. The van der Waals surface area contributed by atoms with E-state index in [2.05, 4.69) is 0 Å². The Hall–Kier alpha value is -3.37. The quantitative estimate of drug-likeness (QED) is 0.272. The monoisotopic (exact) mass is 445 g/mol. The summed E-state index contributed by atoms with van der Waals surface area (Å²) in [7, 11) is 3.34. The Labute approximate surface area is 192 Å². The van der Waals surface area contributed by atoms with Crippen molar-refractivity contribution < 1.29 is 14.3 Å². The molecule has 4 nitrogen and oxygen atoms in total. The first-order valence-corrected chi connectivity index (χ1v) is 10.8. The zero-order valence-electron chi connectivity index (χ0n) is 18.0. The number of carbonyl (C=O) groups is 2. The molecule has 4 aromatic rings. The molecule has 0 aliphatic rings. The van der Waals surface area contributed by atoms with Gasteiger partial charge in [0, 0.05) is 41.5 Å². The van der Waals surface area contributed by atoms with Gasteiger partial charge in [0.15, 0.2) is 0 Å². The highest BCUT2D eigenvalue weighted by Gasteiger charge is 2.51. The van der Waals surface area contributed by atoms with Crippen LogP contribution in [0.3, 0.4) is 0 Å². The van der Waals surface area contributed by atoms with Gasteiger partial charge >= 0.3 is 5.97 Å². The molecule has 5 heteroatoms. The molecule has 0 spiro atoms. The van der Waals surface area contributed by atoms with Crippen LogP contribution < -0.4 is 0 Å². The Bertz CT molecular complexity index is 1250. The lowest BCUT2D eigenvalue weighted by molar-refractivity contribution is -0.146. The number of rotatable bonds is 7. The molecule has 0 fully saturated rings. The number of halogens is 1. The van der Waals surface area contributed by atoms with Crippen LogP contribution in [0.25, 0.3) is 10.9 Å². The third-order valence-corrected chi connectivity index (χ3v) is 6.44. The van der Waals surface area contributed by atoms with Gasteiger partial charge in [0.2, 0.25) is 0 Å². The maximum Gasteiger partial charge on any atom is 0.321 e. The standard InChI is InChI=1S/C27H24ClNO3/c1-29-18-24(22-10-6-7-11-25(22)29)27(26(31)32-2,20-12-14-21(28)15-13-20)23(16-17-30)19-8-4-3-5-9-19/h3-15,17-18,23H,16H2,1-2H3/t23-,27-/m0/s1. The van der Waals surface area contributed by atoms with E-state index in [9.17, 15) is 9.59 Å². The number of hydrogen-bond donors (Lipinski definition) is 0. The SMILES string of the molecule is COC(=O)[C@](c1ccc(Cl)cc1)(c1cn(C)c2ccccc12)[C@@H](CC=O)c1ccccc1. The third-order valence-electron chi connectivity index (χ3n) is 6.19. The molecule has 2 atom stereocenters. The van der Waals surface area contributed by atoms with E-state index >= 15 is 0 Å². The normalized spacial score (nSPS) is 14.0. The van der Waals surface area contributed by atoms with Crippen molar-refractivity contribution in [1.82, 2.24) is 4.57 Å². The molecule has 32 heavy (non-hydrogen) atoms. The van der Waals surface area contributed by atoms with Gasteiger partial charge in [0.1, 0.15) is 11.7 Å². The summed E-state index contributed by atoms with van der Waals surface area (Å²) in [5, 5.41) is 1.50. The van der Waals surface area contributed by atoms with Gasteiger partial charge in [-0.05, 0) is 34.9 Å². The van der Waals surface area contributed by atoms with Gasteiger partial charge in [0.05, 0.1) is 7.11 Å². The Balaban J connectivity index is 2.16. The first kappa shape index (κ1) is 21.8. The number of para-hydroxylation sites is 1. The van der Waals surface area contributed by atoms with Crippen LogP contribution in [0.5, 0.6) is 0 Å². The lowest BCUT2D eigenvalue weighted by atomic mass is 9.62. The van der Waals surface area contributed by atoms with Crippen LogP contribution >= 0.6 is 11.6 Å². The van der Waals surface area contributed by atoms with Crippen molar-refractivity contribution in [2.45, 2.75) is 17.8 Å². The predicted molar refractivity (Wildman–Crippen MR) is 127 cm³/mol. The zero-order chi connectivity index (χ0) is 22.7. The summed E-state index contributed by atoms with van der Waals surface area (Å²) < 4.78 is 7.47. The molecule has 0 bridgehead atoms. The van der Waals surface area contributed by atoms with Gasteiger partial charge < -0.3 is 14.1 Å². The second-order valence-electron chi connectivity index (χ2n) is 7.84. The van der Waals surface area contributed by atoms with E-state index < -0.39 is 17.3 Å². The molecule has 0 N–H and O–H groups in total. The third kappa shape index (κ3) is 3.51. The van der Waals surface area contributed by atoms with Crippen molar-refractivity contribution in [3.05, 3.63) is 107 Å². The van der Waals surface area contributed by atoms with Crippen LogP contribution in [0.4, 0.5) is 0 Å². The van der Waals surface area contributed by atoms with E-state index in [0.29, 0.717) is 5.02 Å². The van der Waals surface area contributed by atoms with Crippen molar-refractivity contribution in [2.75, 3.05) is 7.11 Å². The van der Waals surface area contributed by atoms with Crippen LogP contribution in [-0.4, -0.2) is 23.9 Å². The summed E-state index contributed by atoms with van der Waals surface area (Å²) in [5.41, 5.74) is 2.12. The molecule has 3 aromatic carbocycles. The molecule has 0 saturated heterocycles. The summed E-state index contributed by atoms with van der Waals surface area (Å²) in [5.74, 6) is -0.910. The van der Waals surface area contributed by atoms with E-state index in [1.165, 1.54) is 7.11 Å². The molecule has 162 valence electrons. The lowest BCUT2D eigenvalue weighted by Gasteiger charge is -2.38. The minimum atomic E-state index is -1.26. The van der Waals surface area contributed by atoms with Crippen LogP contribution in [0.15, 0.2) is 85.1 Å². The second-order valence-corrected chi connectivity index (χ2v) is 8.28. The molecule has 0 radical (unpaired) electrons. The molecule has 0 amide bonds. The highest BCUT2D eigenvalue weighted by molar-refractivity contribution is 6.30. The van der Waals surface area contributed by atoms with E-state index in [0.717, 1.165) is 33.9 Å². The number of aryl methyl sites for hydroxylation is 1. The topological polar surface area (TPSA) is 48.3 Å². The van der Waals surface area contributed by atoms with Gasteiger partial charge in [-0.2, -0.15) is 0 Å². The Kier molecular flexibility index (Phi) is 6.15. The highest BCUT2D eigenvalue weighted by Crippen LogP contribution is 2.49. The molecule has 0 unspecified atom stereocenters. The summed E-state index contributed by atoms with van der Waals surface area (Å²) in [4.78, 5) is 25.8. The van der Waals surface area contributed by atoms with E-state index in [1.807, 2.05) is 84.5 Å². The number of methoxy groups -OCH3 is 1. The van der Waals surface area contributed by atoms with Crippen LogP contribution in [0, 0.1) is 0 Å². The first-order chi connectivity index (χ1) is 15.5. The molecule has 0 aliphatic heterocycles. The van der Waals surface area contributed by atoms with Crippen molar-refractivity contribution in [3.63, 3.8) is 0 Å². The fourth-order valence-electron chi connectivity index (χ4n) is 4.79. The maximum absolute atomic E-state index is 13.9. The smallest absolute Gasteiger partial charge is 0.321 e. The van der Waals surface area contributed by atoms with Crippen LogP contribution in [0.2, 0.25) is 5.02 Å². The van der Waals surface area contributed by atoms with E-state index in [1.54, 1.807) is 12.1 Å². The fourth-order valence-corrected chi connectivity index (χ4v) is 4.91. The molecular formula is C27H24ClNO3. The number of nitrogens with zero attached hydrogens (tertiary/aromatic N) is 1. The summed E-state index contributed by atoms with van der Waals surface area (Å²) in [6.07, 6.45) is 2.98. The number of esters is 1. The Morgan fingerprint density at radius 2 is 1.69 bits per heavy atom. The van der Waals surface area contributed by atoms with Crippen LogP contribution in [0.1, 0.15) is 29.0 Å². The maximum atomic E-state index is 13.9. The molecular weight excluding hydrogens is 422 g/mol. The minimum Gasteiger partial charge on any atom is -0.468 e. The number of aromatic nitrogens is 1. The number of benzene rings is 3. The number of hydrogen-bond acceptors (Lipinski definition) is 3. The zero-order valence-corrected chi connectivity index (χ0v) is 18.8. The molecule has 1 heterocycles. The van der Waals surface area contributed by atoms with Gasteiger partial charge in [-0.3, -0.25) is 4.79 Å². The highest BCUT2D eigenvalue weighted by atomic mass is 35.5. The lowest BCUT2D eigenvalue weighted by Crippen LogP contribution is -2.44. The first-order valence-electron chi connectivity index (χ1n) is 10.4. The number of fused-ring (bicyclic) bond motifs is 1. The summed E-state index contributed by atoms with van der Waals surface area (Å²) in [6, 6.07) is 24.8. The van der Waals surface area contributed by atoms with Gasteiger partial charge in [-0.1, -0.05) is 72.3 Å². The fraction of sp³-hybridized carbons (Fsp3) is 0.185. The van der Waals surface area contributed by atoms with Crippen molar-refractivity contribution >= 4 is 34.8 Å². The minimum absolute atomic E-state index is 0.144. The van der Waals surface area contributed by atoms with Crippen molar-refractivity contribution in [1.29, 1.82) is 0 Å². The van der Waals surface area contributed by atoms with E-state index in [4.69, 9.17) is 16.3 Å². The Morgan fingerprint density at radius 1 is 1.03 bits per heavy atom. The summed E-state index contributed by atoms with van der Waals surface area (Å²) in [6.45, 7) is 0. The number of aldehydes is 1. The summed E-state index contributed by atoms with van der Waals surface area (Å²) >= 11 is 6.20. The number of ether oxygens (including phenoxy) is 1. The Morgan fingerprint density at radius 3 is 2.34 bits per heavy atom. The largest absolute Gasteiger partial charge is 0.468 e. The van der Waals surface area contributed by atoms with Crippen LogP contribution in [-0.2, 0) is 26.8 Å². The number of carbonyl (C=O) groups excluding carboxylic acids is 2. The van der Waals surface area contributed by atoms with Gasteiger partial charge in [0.25, 0.3) is 0 Å². The molecule has 0 saturated carbocycles. The van der Waals surface area contributed by atoms with Gasteiger partial charge in [-0.15, -0.1) is 0 Å². The second kappa shape index (κ2) is 9.01. The van der Waals surface area contributed by atoms with Gasteiger partial charge in [-0.25, -0.2) is 0 Å². The van der Waals surface area contributed by atoms with E-state index in [-0.39, 0.29) is 6.42 Å². The molecule has 0 aliphatic carbocycles. The molecule has 4 rings (SSSR count).